The quantitative estimate of drug-likeness (QED) is 0.586. The third-order valence-electron chi connectivity index (χ3n) is 6.46. The molecule has 1 fully saturated rings. The van der Waals surface area contributed by atoms with Crippen LogP contribution in [0.1, 0.15) is 50.8 Å². The molecule has 2 aliphatic rings. The Bertz CT molecular complexity index is 1120. The molecule has 2 heterocycles. The highest BCUT2D eigenvalue weighted by atomic mass is 19.1. The van der Waals surface area contributed by atoms with Crippen molar-refractivity contribution in [3.8, 4) is 11.5 Å². The molecule has 2 aliphatic heterocycles. The molecule has 4 amide bonds. The standard InChI is InChI=1S/C26H30FN3O5/c1-4-26(18-7-9-19(27)10-8-18)24(32)30(25(33)29-26)15-22(31)28-23(16(2)3)17-6-11-20-21(14-17)35-13-5-12-34-20/h6-11,14,16,23H,4-5,12-13,15H2,1-3H3,(H,28,31)(H,29,33). The van der Waals surface area contributed by atoms with Crippen molar-refractivity contribution in [1.29, 1.82) is 0 Å². The van der Waals surface area contributed by atoms with Gasteiger partial charge in [0.05, 0.1) is 19.3 Å². The van der Waals surface area contributed by atoms with E-state index in [2.05, 4.69) is 10.6 Å². The monoisotopic (exact) mass is 483 g/mol. The Morgan fingerprint density at radius 1 is 1.11 bits per heavy atom. The number of carbonyl (C=O) groups excluding carboxylic acids is 3. The Kier molecular flexibility index (Phi) is 6.95. The first-order chi connectivity index (χ1) is 16.7. The first kappa shape index (κ1) is 24.5. The van der Waals surface area contributed by atoms with Crippen LogP contribution in [0, 0.1) is 11.7 Å². The summed E-state index contributed by atoms with van der Waals surface area (Å²) in [6, 6.07) is 9.96. The summed E-state index contributed by atoms with van der Waals surface area (Å²) in [5, 5.41) is 5.67. The number of hydrogen-bond donors (Lipinski definition) is 2. The summed E-state index contributed by atoms with van der Waals surface area (Å²) in [5.74, 6) is -0.130. The van der Waals surface area contributed by atoms with Crippen LogP contribution in [-0.4, -0.2) is 42.5 Å². The summed E-state index contributed by atoms with van der Waals surface area (Å²) < 4.78 is 24.9. The molecular weight excluding hydrogens is 453 g/mol. The van der Waals surface area contributed by atoms with Crippen molar-refractivity contribution >= 4 is 17.8 Å². The number of halogens is 1. The number of imide groups is 1. The molecule has 9 heteroatoms. The molecule has 0 aliphatic carbocycles. The van der Waals surface area contributed by atoms with Crippen molar-refractivity contribution in [2.45, 2.75) is 45.2 Å². The zero-order valence-corrected chi connectivity index (χ0v) is 20.1. The molecule has 8 nitrogen and oxygen atoms in total. The van der Waals surface area contributed by atoms with Gasteiger partial charge in [-0.15, -0.1) is 0 Å². The summed E-state index contributed by atoms with van der Waals surface area (Å²) in [7, 11) is 0. The lowest BCUT2D eigenvalue weighted by Gasteiger charge is -2.26. The summed E-state index contributed by atoms with van der Waals surface area (Å²) in [6.07, 6.45) is 1.05. The van der Waals surface area contributed by atoms with Crippen molar-refractivity contribution in [2.24, 2.45) is 5.92 Å². The predicted octanol–water partition coefficient (Wildman–Crippen LogP) is 3.66. The van der Waals surface area contributed by atoms with Gasteiger partial charge < -0.3 is 20.1 Å². The number of carbonyl (C=O) groups is 3. The number of amides is 4. The van der Waals surface area contributed by atoms with Crippen LogP contribution in [0.15, 0.2) is 42.5 Å². The van der Waals surface area contributed by atoms with Crippen molar-refractivity contribution in [3.05, 3.63) is 59.4 Å². The van der Waals surface area contributed by atoms with Crippen molar-refractivity contribution < 1.29 is 28.2 Å². The third-order valence-corrected chi connectivity index (χ3v) is 6.46. The number of hydrogen-bond acceptors (Lipinski definition) is 5. The van der Waals surface area contributed by atoms with E-state index < -0.39 is 35.7 Å². The van der Waals surface area contributed by atoms with Crippen molar-refractivity contribution in [1.82, 2.24) is 15.5 Å². The molecule has 0 saturated carbocycles. The molecule has 0 aromatic heterocycles. The van der Waals surface area contributed by atoms with Crippen LogP contribution in [0.3, 0.4) is 0 Å². The highest BCUT2D eigenvalue weighted by Gasteiger charge is 2.51. The van der Waals surface area contributed by atoms with Crippen LogP contribution in [0.4, 0.5) is 9.18 Å². The van der Waals surface area contributed by atoms with E-state index in [1.807, 2.05) is 32.0 Å². The highest BCUT2D eigenvalue weighted by Crippen LogP contribution is 2.35. The first-order valence-corrected chi connectivity index (χ1v) is 11.8. The molecule has 0 spiro atoms. The van der Waals surface area contributed by atoms with Crippen LogP contribution in [-0.2, 0) is 15.1 Å². The van der Waals surface area contributed by atoms with Gasteiger partial charge in [-0.3, -0.25) is 14.5 Å². The van der Waals surface area contributed by atoms with Crippen LogP contribution in [0.5, 0.6) is 11.5 Å². The highest BCUT2D eigenvalue weighted by molar-refractivity contribution is 6.09. The molecule has 1 saturated heterocycles. The largest absolute Gasteiger partial charge is 0.490 e. The Morgan fingerprint density at radius 2 is 1.80 bits per heavy atom. The van der Waals surface area contributed by atoms with Gasteiger partial charge in [0.25, 0.3) is 5.91 Å². The minimum atomic E-state index is -1.34. The second-order valence-corrected chi connectivity index (χ2v) is 9.13. The van der Waals surface area contributed by atoms with Gasteiger partial charge in [0, 0.05) is 6.42 Å². The molecule has 0 bridgehead atoms. The third kappa shape index (κ3) is 4.80. The topological polar surface area (TPSA) is 97.0 Å². The Balaban J connectivity index is 1.50. The molecule has 2 N–H and O–H groups in total. The summed E-state index contributed by atoms with van der Waals surface area (Å²) in [4.78, 5) is 40.0. The average Bonchev–Trinajstić information content (AvgIpc) is 2.98. The normalized spacial score (nSPS) is 20.4. The first-order valence-electron chi connectivity index (χ1n) is 11.8. The minimum absolute atomic E-state index is 0.0285. The minimum Gasteiger partial charge on any atom is -0.490 e. The molecule has 2 aromatic rings. The molecule has 2 atom stereocenters. The van der Waals surface area contributed by atoms with E-state index in [1.54, 1.807) is 6.92 Å². The summed E-state index contributed by atoms with van der Waals surface area (Å²) in [6.45, 7) is 6.40. The van der Waals surface area contributed by atoms with Gasteiger partial charge in [0.1, 0.15) is 17.9 Å². The zero-order valence-electron chi connectivity index (χ0n) is 20.1. The Hall–Kier alpha value is -3.62. The fraction of sp³-hybridized carbons (Fsp3) is 0.423. The van der Waals surface area contributed by atoms with Crippen LogP contribution in [0.25, 0.3) is 0 Å². The Morgan fingerprint density at radius 3 is 2.46 bits per heavy atom. The zero-order chi connectivity index (χ0) is 25.2. The smallest absolute Gasteiger partial charge is 0.325 e. The van der Waals surface area contributed by atoms with E-state index in [-0.39, 0.29) is 18.4 Å². The number of nitrogens with one attached hydrogen (secondary N) is 2. The van der Waals surface area contributed by atoms with Gasteiger partial charge in [-0.25, -0.2) is 9.18 Å². The lowest BCUT2D eigenvalue weighted by Crippen LogP contribution is -2.45. The average molecular weight is 484 g/mol. The maximum absolute atomic E-state index is 13.4. The fourth-order valence-corrected chi connectivity index (χ4v) is 4.51. The van der Waals surface area contributed by atoms with E-state index in [4.69, 9.17) is 9.47 Å². The van der Waals surface area contributed by atoms with Gasteiger partial charge in [-0.2, -0.15) is 0 Å². The second-order valence-electron chi connectivity index (χ2n) is 9.13. The maximum Gasteiger partial charge on any atom is 0.325 e. The number of benzene rings is 2. The van der Waals surface area contributed by atoms with Crippen LogP contribution < -0.4 is 20.1 Å². The lowest BCUT2D eigenvalue weighted by molar-refractivity contribution is -0.135. The van der Waals surface area contributed by atoms with Crippen molar-refractivity contribution in [2.75, 3.05) is 19.8 Å². The lowest BCUT2D eigenvalue weighted by atomic mass is 9.87. The van der Waals surface area contributed by atoms with Gasteiger partial charge in [-0.05, 0) is 47.7 Å². The van der Waals surface area contributed by atoms with E-state index in [9.17, 15) is 18.8 Å². The molecule has 0 radical (unpaired) electrons. The van der Waals surface area contributed by atoms with Crippen LogP contribution in [0.2, 0.25) is 0 Å². The number of fused-ring (bicyclic) bond motifs is 1. The predicted molar refractivity (Wildman–Crippen MR) is 126 cm³/mol. The number of urea groups is 1. The SMILES string of the molecule is CCC1(c2ccc(F)cc2)NC(=O)N(CC(=O)NC(c2ccc3c(c2)OCCCO3)C(C)C)C1=O. The molecule has 2 aromatic carbocycles. The summed E-state index contributed by atoms with van der Waals surface area (Å²) >= 11 is 0. The number of nitrogens with zero attached hydrogens (tertiary/aromatic N) is 1. The van der Waals surface area contributed by atoms with Gasteiger partial charge in [-0.1, -0.05) is 39.0 Å². The number of rotatable bonds is 7. The van der Waals surface area contributed by atoms with Gasteiger partial charge >= 0.3 is 6.03 Å². The molecule has 4 rings (SSSR count). The van der Waals surface area contributed by atoms with E-state index in [1.165, 1.54) is 24.3 Å². The molecule has 186 valence electrons. The van der Waals surface area contributed by atoms with E-state index in [0.717, 1.165) is 16.9 Å². The van der Waals surface area contributed by atoms with Crippen molar-refractivity contribution in [3.63, 3.8) is 0 Å². The summed E-state index contributed by atoms with van der Waals surface area (Å²) in [5.41, 5.74) is -0.0319. The van der Waals surface area contributed by atoms with Gasteiger partial charge in [0.15, 0.2) is 11.5 Å². The fourth-order valence-electron chi connectivity index (χ4n) is 4.51. The van der Waals surface area contributed by atoms with Crippen LogP contribution >= 0.6 is 0 Å². The van der Waals surface area contributed by atoms with E-state index >= 15 is 0 Å². The molecule has 2 unspecified atom stereocenters. The molecular formula is C26H30FN3O5. The maximum atomic E-state index is 13.4. The van der Waals surface area contributed by atoms with E-state index in [0.29, 0.717) is 30.3 Å². The van der Waals surface area contributed by atoms with Gasteiger partial charge in [0.2, 0.25) is 5.91 Å². The number of ether oxygens (including phenoxy) is 2. The second kappa shape index (κ2) is 9.93. The molecule has 35 heavy (non-hydrogen) atoms. The Labute approximate surface area is 203 Å².